The number of unbranched alkanes of at least 4 members (excludes halogenated alkanes) is 3. The second kappa shape index (κ2) is 10.9. The molecule has 0 aromatic rings. The van der Waals surface area contributed by atoms with Crippen molar-refractivity contribution >= 4 is 5.78 Å². The van der Waals surface area contributed by atoms with Gasteiger partial charge in [0.05, 0.1) is 12.2 Å². The van der Waals surface area contributed by atoms with E-state index in [1.165, 1.54) is 0 Å². The van der Waals surface area contributed by atoms with Crippen LogP contribution in [0.5, 0.6) is 0 Å². The Bertz CT molecular complexity index is 340. The third-order valence-electron chi connectivity index (χ3n) is 4.51. The van der Waals surface area contributed by atoms with E-state index in [0.717, 1.165) is 44.9 Å². The van der Waals surface area contributed by atoms with Crippen molar-refractivity contribution in [3.63, 3.8) is 0 Å². The molecule has 0 saturated heterocycles. The topological polar surface area (TPSA) is 66.8 Å². The molecule has 22 heavy (non-hydrogen) atoms. The Labute approximate surface area is 134 Å². The number of ketones is 1. The van der Waals surface area contributed by atoms with Gasteiger partial charge in [-0.3, -0.25) is 4.79 Å². The van der Waals surface area contributed by atoms with Gasteiger partial charge < -0.3 is 14.9 Å². The minimum absolute atomic E-state index is 0.106. The Balaban J connectivity index is 2.47. The molecular weight excluding hydrogens is 280 g/mol. The lowest BCUT2D eigenvalue weighted by Crippen LogP contribution is -2.19. The van der Waals surface area contributed by atoms with Crippen LogP contribution in [0.4, 0.5) is 0 Å². The maximum Gasteiger partial charge on any atom is 0.139 e. The van der Waals surface area contributed by atoms with E-state index in [1.807, 2.05) is 6.08 Å². The highest BCUT2D eigenvalue weighted by atomic mass is 16.5. The number of carbonyl (C=O) groups is 1. The van der Waals surface area contributed by atoms with Gasteiger partial charge in [-0.05, 0) is 19.3 Å². The smallest absolute Gasteiger partial charge is 0.139 e. The molecule has 4 heteroatoms. The molecule has 1 rings (SSSR count). The summed E-state index contributed by atoms with van der Waals surface area (Å²) in [5, 5.41) is 20.0. The van der Waals surface area contributed by atoms with Gasteiger partial charge in [0.15, 0.2) is 0 Å². The number of aliphatic hydroxyl groups excluding tert-OH is 2. The van der Waals surface area contributed by atoms with E-state index in [0.29, 0.717) is 6.61 Å². The highest BCUT2D eigenvalue weighted by Crippen LogP contribution is 2.34. The first-order valence-corrected chi connectivity index (χ1v) is 8.66. The summed E-state index contributed by atoms with van der Waals surface area (Å²) < 4.78 is 5.03. The van der Waals surface area contributed by atoms with Gasteiger partial charge in [0.25, 0.3) is 0 Å². The van der Waals surface area contributed by atoms with E-state index in [1.54, 1.807) is 13.2 Å². The normalized spacial score (nSPS) is 26.9. The largest absolute Gasteiger partial charge is 0.392 e. The second-order valence-electron chi connectivity index (χ2n) is 6.36. The molecular formula is C18H32O4. The molecule has 1 fully saturated rings. The molecule has 1 unspecified atom stereocenters. The van der Waals surface area contributed by atoms with E-state index in [4.69, 9.17) is 4.74 Å². The number of methoxy groups -OCH3 is 1. The summed E-state index contributed by atoms with van der Waals surface area (Å²) in [7, 11) is 1.68. The lowest BCUT2D eigenvalue weighted by atomic mass is 9.89. The third-order valence-corrected chi connectivity index (χ3v) is 4.51. The molecule has 0 aromatic carbocycles. The van der Waals surface area contributed by atoms with Gasteiger partial charge in [0.2, 0.25) is 0 Å². The zero-order valence-electron chi connectivity index (χ0n) is 14.0. The first kappa shape index (κ1) is 19.3. The van der Waals surface area contributed by atoms with Crippen LogP contribution in [0.2, 0.25) is 0 Å². The molecule has 0 aliphatic heterocycles. The average Bonchev–Trinajstić information content (AvgIpc) is 2.75. The highest BCUT2D eigenvalue weighted by Gasteiger charge is 2.39. The number of aliphatic hydroxyl groups is 2. The lowest BCUT2D eigenvalue weighted by Gasteiger charge is -2.18. The quantitative estimate of drug-likeness (QED) is 0.455. The van der Waals surface area contributed by atoms with Gasteiger partial charge in [0.1, 0.15) is 5.78 Å². The van der Waals surface area contributed by atoms with Gasteiger partial charge in [0, 0.05) is 32.0 Å². The van der Waals surface area contributed by atoms with Crippen LogP contribution >= 0.6 is 0 Å². The Hall–Kier alpha value is -0.710. The molecule has 2 N–H and O–H groups in total. The van der Waals surface area contributed by atoms with Gasteiger partial charge in [-0.1, -0.05) is 44.8 Å². The lowest BCUT2D eigenvalue weighted by molar-refractivity contribution is -0.121. The first-order valence-electron chi connectivity index (χ1n) is 8.66. The molecule has 1 aliphatic rings. The van der Waals surface area contributed by atoms with Crippen molar-refractivity contribution in [2.75, 3.05) is 13.7 Å². The summed E-state index contributed by atoms with van der Waals surface area (Å²) in [6, 6.07) is 0. The van der Waals surface area contributed by atoms with Crippen LogP contribution in [0.1, 0.15) is 58.3 Å². The third kappa shape index (κ3) is 6.59. The minimum atomic E-state index is -0.598. The van der Waals surface area contributed by atoms with E-state index in [-0.39, 0.29) is 24.0 Å². The van der Waals surface area contributed by atoms with E-state index < -0.39 is 12.2 Å². The summed E-state index contributed by atoms with van der Waals surface area (Å²) in [5.74, 6) is -0.0955. The maximum absolute atomic E-state index is 12.0. The maximum atomic E-state index is 12.0. The van der Waals surface area contributed by atoms with Crippen molar-refractivity contribution in [2.45, 2.75) is 70.5 Å². The predicted octanol–water partition coefficient (Wildman–Crippen LogP) is 2.87. The van der Waals surface area contributed by atoms with Gasteiger partial charge in [-0.25, -0.2) is 0 Å². The standard InChI is InChI=1S/C18H32O4/c1-3-4-5-8-14(19)10-11-16-15(9-6-7-12-22-2)17(20)13-18(16)21/h10-11,14-16,18-19,21H,3-9,12-13H2,1-2H3/b11-10+/t14-,15?,16+,18+/m0/s1. The molecule has 4 nitrogen and oxygen atoms in total. The molecule has 0 heterocycles. The van der Waals surface area contributed by atoms with Crippen LogP contribution in [-0.4, -0.2) is 41.9 Å². The zero-order chi connectivity index (χ0) is 16.4. The second-order valence-corrected chi connectivity index (χ2v) is 6.36. The minimum Gasteiger partial charge on any atom is -0.392 e. The van der Waals surface area contributed by atoms with E-state index in [2.05, 4.69) is 6.92 Å². The molecule has 128 valence electrons. The van der Waals surface area contributed by atoms with E-state index in [9.17, 15) is 15.0 Å². The number of carbonyl (C=O) groups excluding carboxylic acids is 1. The van der Waals surface area contributed by atoms with Crippen LogP contribution in [-0.2, 0) is 9.53 Å². The molecule has 0 aromatic heterocycles. The molecule has 0 amide bonds. The monoisotopic (exact) mass is 312 g/mol. The molecule has 1 aliphatic carbocycles. The summed E-state index contributed by atoms with van der Waals surface area (Å²) >= 11 is 0. The number of rotatable bonds is 11. The molecule has 1 saturated carbocycles. The fourth-order valence-corrected chi connectivity index (χ4v) is 3.16. The number of Topliss-reactive ketones (excluding diaryl/α,β-unsaturated/α-hetero) is 1. The van der Waals surface area contributed by atoms with E-state index >= 15 is 0 Å². The fourth-order valence-electron chi connectivity index (χ4n) is 3.16. The number of ether oxygens (including phenoxy) is 1. The summed E-state index contributed by atoms with van der Waals surface area (Å²) in [4.78, 5) is 12.0. The van der Waals surface area contributed by atoms with Crippen LogP contribution in [0.15, 0.2) is 12.2 Å². The van der Waals surface area contributed by atoms with Crippen molar-refractivity contribution in [3.8, 4) is 0 Å². The summed E-state index contributed by atoms with van der Waals surface area (Å²) in [6.07, 6.45) is 9.49. The number of hydrogen-bond acceptors (Lipinski definition) is 4. The van der Waals surface area contributed by atoms with Crippen molar-refractivity contribution in [1.29, 1.82) is 0 Å². The van der Waals surface area contributed by atoms with Crippen molar-refractivity contribution in [2.24, 2.45) is 11.8 Å². The first-order chi connectivity index (χ1) is 10.6. The Kier molecular flexibility index (Phi) is 9.60. The predicted molar refractivity (Wildman–Crippen MR) is 87.6 cm³/mol. The average molecular weight is 312 g/mol. The zero-order valence-corrected chi connectivity index (χ0v) is 14.0. The molecule has 0 spiro atoms. The van der Waals surface area contributed by atoms with Crippen LogP contribution in [0, 0.1) is 11.8 Å². The van der Waals surface area contributed by atoms with Crippen molar-refractivity contribution in [1.82, 2.24) is 0 Å². The van der Waals surface area contributed by atoms with Gasteiger partial charge in [-0.15, -0.1) is 0 Å². The Morgan fingerprint density at radius 1 is 1.32 bits per heavy atom. The van der Waals surface area contributed by atoms with Gasteiger partial charge >= 0.3 is 0 Å². The van der Waals surface area contributed by atoms with Crippen LogP contribution < -0.4 is 0 Å². The van der Waals surface area contributed by atoms with Crippen LogP contribution in [0.3, 0.4) is 0 Å². The molecule has 4 atom stereocenters. The molecule has 0 bridgehead atoms. The Morgan fingerprint density at radius 2 is 2.09 bits per heavy atom. The summed E-state index contributed by atoms with van der Waals surface area (Å²) in [6.45, 7) is 2.84. The summed E-state index contributed by atoms with van der Waals surface area (Å²) in [5.41, 5.74) is 0. The fraction of sp³-hybridized carbons (Fsp3) is 0.833. The number of hydrogen-bond donors (Lipinski definition) is 2. The Morgan fingerprint density at radius 3 is 2.77 bits per heavy atom. The van der Waals surface area contributed by atoms with Crippen molar-refractivity contribution < 1.29 is 19.7 Å². The van der Waals surface area contributed by atoms with Crippen molar-refractivity contribution in [3.05, 3.63) is 12.2 Å². The van der Waals surface area contributed by atoms with Gasteiger partial charge in [-0.2, -0.15) is 0 Å². The van der Waals surface area contributed by atoms with Crippen LogP contribution in [0.25, 0.3) is 0 Å². The SMILES string of the molecule is CCCCC[C@H](O)/C=C/[C@@H]1C(CCCCOC)C(=O)C[C@H]1O. The highest BCUT2D eigenvalue weighted by molar-refractivity contribution is 5.84. The molecule has 0 radical (unpaired) electrons.